The van der Waals surface area contributed by atoms with Gasteiger partial charge in [0.25, 0.3) is 0 Å². The summed E-state index contributed by atoms with van der Waals surface area (Å²) in [6, 6.07) is 4.00. The third-order valence-corrected chi connectivity index (χ3v) is 2.69. The van der Waals surface area contributed by atoms with E-state index in [1.165, 1.54) is 6.07 Å². The highest BCUT2D eigenvalue weighted by molar-refractivity contribution is 5.85. The molecular weight excluding hydrogens is 258 g/mol. The van der Waals surface area contributed by atoms with Crippen molar-refractivity contribution in [3.63, 3.8) is 0 Å². The Morgan fingerprint density at radius 1 is 1.22 bits per heavy atom. The normalized spacial score (nSPS) is 11.5. The van der Waals surface area contributed by atoms with Crippen LogP contribution in [-0.4, -0.2) is 25.0 Å². The maximum Gasteiger partial charge on any atom is 0.159 e. The van der Waals surface area contributed by atoms with E-state index in [9.17, 15) is 8.78 Å². The minimum atomic E-state index is -0.807. The van der Waals surface area contributed by atoms with Gasteiger partial charge in [0, 0.05) is 13.1 Å². The van der Waals surface area contributed by atoms with E-state index in [1.54, 1.807) is 6.07 Å². The fraction of sp³-hybridized carbons (Fsp3) is 0.538. The van der Waals surface area contributed by atoms with Crippen LogP contribution in [0.4, 0.5) is 8.78 Å². The largest absolute Gasteiger partial charge is 0.330 e. The summed E-state index contributed by atoms with van der Waals surface area (Å²) in [6.45, 7) is 6.14. The van der Waals surface area contributed by atoms with Crippen LogP contribution in [0.1, 0.15) is 19.4 Å². The average Bonchev–Trinajstić information content (AvgIpc) is 2.23. The lowest BCUT2D eigenvalue weighted by atomic mass is 9.93. The van der Waals surface area contributed by atoms with Crippen molar-refractivity contribution in [2.75, 3.05) is 20.1 Å². The smallest absolute Gasteiger partial charge is 0.159 e. The molecule has 0 bridgehead atoms. The highest BCUT2D eigenvalue weighted by atomic mass is 35.5. The lowest BCUT2D eigenvalue weighted by Gasteiger charge is -2.29. The fourth-order valence-electron chi connectivity index (χ4n) is 1.80. The van der Waals surface area contributed by atoms with E-state index in [4.69, 9.17) is 5.73 Å². The minimum Gasteiger partial charge on any atom is -0.330 e. The van der Waals surface area contributed by atoms with Gasteiger partial charge >= 0.3 is 0 Å². The lowest BCUT2D eigenvalue weighted by Crippen LogP contribution is -2.36. The molecule has 0 aliphatic heterocycles. The molecule has 18 heavy (non-hydrogen) atoms. The van der Waals surface area contributed by atoms with Crippen LogP contribution in [0, 0.1) is 17.0 Å². The third-order valence-electron chi connectivity index (χ3n) is 2.69. The van der Waals surface area contributed by atoms with Crippen molar-refractivity contribution in [2.45, 2.75) is 20.4 Å². The molecule has 5 heteroatoms. The SMILES string of the molecule is CN(Cc1ccc(F)c(F)c1)CC(C)(C)CN.Cl. The molecule has 0 heterocycles. The highest BCUT2D eigenvalue weighted by Gasteiger charge is 2.18. The monoisotopic (exact) mass is 278 g/mol. The maximum atomic E-state index is 13.0. The first kappa shape index (κ1) is 17.3. The molecule has 1 aromatic carbocycles. The molecule has 2 N–H and O–H groups in total. The predicted molar refractivity (Wildman–Crippen MR) is 72.8 cm³/mol. The molecule has 0 saturated carbocycles. The average molecular weight is 279 g/mol. The van der Waals surface area contributed by atoms with E-state index in [0.29, 0.717) is 13.1 Å². The van der Waals surface area contributed by atoms with E-state index in [2.05, 4.69) is 18.7 Å². The minimum absolute atomic E-state index is 0. The van der Waals surface area contributed by atoms with Gasteiger partial charge in [-0.1, -0.05) is 19.9 Å². The van der Waals surface area contributed by atoms with E-state index >= 15 is 0 Å². The Hall–Kier alpha value is -0.710. The summed E-state index contributed by atoms with van der Waals surface area (Å²) in [5.74, 6) is -1.60. The first-order valence-electron chi connectivity index (χ1n) is 5.66. The van der Waals surface area contributed by atoms with Crippen molar-refractivity contribution in [3.8, 4) is 0 Å². The molecular formula is C13H21ClF2N2. The summed E-state index contributed by atoms with van der Waals surface area (Å²) in [5.41, 5.74) is 6.44. The van der Waals surface area contributed by atoms with Crippen molar-refractivity contribution in [2.24, 2.45) is 11.1 Å². The number of hydrogen-bond donors (Lipinski definition) is 1. The quantitative estimate of drug-likeness (QED) is 0.897. The summed E-state index contributed by atoms with van der Waals surface area (Å²) >= 11 is 0. The number of nitrogens with two attached hydrogens (primary N) is 1. The van der Waals surface area contributed by atoms with Gasteiger partial charge in [0.2, 0.25) is 0 Å². The Kier molecular flexibility index (Phi) is 6.74. The van der Waals surface area contributed by atoms with Gasteiger partial charge in [-0.25, -0.2) is 8.78 Å². The Labute approximate surface area is 114 Å². The van der Waals surface area contributed by atoms with Crippen LogP contribution in [0.15, 0.2) is 18.2 Å². The molecule has 0 amide bonds. The van der Waals surface area contributed by atoms with Gasteiger partial charge in [-0.3, -0.25) is 0 Å². The second-order valence-corrected chi connectivity index (χ2v) is 5.29. The van der Waals surface area contributed by atoms with Gasteiger partial charge in [-0.05, 0) is 36.7 Å². The van der Waals surface area contributed by atoms with Gasteiger partial charge < -0.3 is 10.6 Å². The topological polar surface area (TPSA) is 29.3 Å². The Morgan fingerprint density at radius 2 is 1.83 bits per heavy atom. The lowest BCUT2D eigenvalue weighted by molar-refractivity contribution is 0.209. The van der Waals surface area contributed by atoms with E-state index in [0.717, 1.165) is 18.2 Å². The fourth-order valence-corrected chi connectivity index (χ4v) is 1.80. The summed E-state index contributed by atoms with van der Waals surface area (Å²) in [7, 11) is 1.94. The standard InChI is InChI=1S/C13H20F2N2.ClH/c1-13(2,8-16)9-17(3)7-10-4-5-11(14)12(15)6-10;/h4-6H,7-9,16H2,1-3H3;1H. The summed E-state index contributed by atoms with van der Waals surface area (Å²) in [6.07, 6.45) is 0. The van der Waals surface area contributed by atoms with Gasteiger partial charge in [-0.15, -0.1) is 12.4 Å². The first-order valence-corrected chi connectivity index (χ1v) is 5.66. The Morgan fingerprint density at radius 3 is 2.33 bits per heavy atom. The Bertz CT molecular complexity index is 383. The van der Waals surface area contributed by atoms with Gasteiger partial charge in [-0.2, -0.15) is 0 Å². The molecule has 2 nitrogen and oxygen atoms in total. The zero-order valence-electron chi connectivity index (χ0n) is 11.0. The van der Waals surface area contributed by atoms with Crippen molar-refractivity contribution in [3.05, 3.63) is 35.4 Å². The van der Waals surface area contributed by atoms with E-state index < -0.39 is 11.6 Å². The molecule has 0 fully saturated rings. The number of benzene rings is 1. The van der Waals surface area contributed by atoms with Gasteiger partial charge in [0.15, 0.2) is 11.6 Å². The first-order chi connectivity index (χ1) is 7.84. The maximum absolute atomic E-state index is 13.0. The van der Waals surface area contributed by atoms with E-state index in [1.807, 2.05) is 7.05 Å². The molecule has 0 aliphatic carbocycles. The number of halogens is 3. The summed E-state index contributed by atoms with van der Waals surface area (Å²) in [4.78, 5) is 2.06. The predicted octanol–water partition coefficient (Wildman–Crippen LogP) is 2.80. The molecule has 1 aromatic rings. The third kappa shape index (κ3) is 5.29. The molecule has 0 atom stereocenters. The zero-order valence-corrected chi connectivity index (χ0v) is 11.9. The van der Waals surface area contributed by atoms with Crippen molar-refractivity contribution < 1.29 is 8.78 Å². The van der Waals surface area contributed by atoms with Crippen LogP contribution >= 0.6 is 12.4 Å². The van der Waals surface area contributed by atoms with Crippen molar-refractivity contribution in [1.82, 2.24) is 4.90 Å². The molecule has 0 spiro atoms. The Balaban J connectivity index is 0.00000289. The summed E-state index contributed by atoms with van der Waals surface area (Å²) < 4.78 is 25.8. The van der Waals surface area contributed by atoms with Gasteiger partial charge in [0.05, 0.1) is 0 Å². The second-order valence-electron chi connectivity index (χ2n) is 5.29. The zero-order chi connectivity index (χ0) is 13.1. The number of hydrogen-bond acceptors (Lipinski definition) is 2. The van der Waals surface area contributed by atoms with E-state index in [-0.39, 0.29) is 17.8 Å². The number of nitrogens with zero attached hydrogens (tertiary/aromatic N) is 1. The van der Waals surface area contributed by atoms with Crippen LogP contribution in [0.3, 0.4) is 0 Å². The van der Waals surface area contributed by atoms with Crippen LogP contribution in [0.2, 0.25) is 0 Å². The molecule has 1 rings (SSSR count). The molecule has 0 aliphatic rings. The molecule has 0 radical (unpaired) electrons. The molecule has 0 aromatic heterocycles. The van der Waals surface area contributed by atoms with Crippen LogP contribution < -0.4 is 5.73 Å². The van der Waals surface area contributed by atoms with Crippen LogP contribution in [-0.2, 0) is 6.54 Å². The van der Waals surface area contributed by atoms with Gasteiger partial charge in [0.1, 0.15) is 0 Å². The molecule has 104 valence electrons. The van der Waals surface area contributed by atoms with Crippen LogP contribution in [0.5, 0.6) is 0 Å². The second kappa shape index (κ2) is 7.02. The van der Waals surface area contributed by atoms with Crippen molar-refractivity contribution >= 4 is 12.4 Å². The summed E-state index contributed by atoms with van der Waals surface area (Å²) in [5, 5.41) is 0. The van der Waals surface area contributed by atoms with Crippen LogP contribution in [0.25, 0.3) is 0 Å². The molecule has 0 saturated heterocycles. The number of rotatable bonds is 5. The van der Waals surface area contributed by atoms with Crippen molar-refractivity contribution in [1.29, 1.82) is 0 Å². The molecule has 0 unspecified atom stereocenters. The highest BCUT2D eigenvalue weighted by Crippen LogP contribution is 2.16.